The number of anilines is 1. The number of nitrogens with zero attached hydrogens (tertiary/aromatic N) is 3. The lowest BCUT2D eigenvalue weighted by molar-refractivity contribution is 0.538. The Morgan fingerprint density at radius 2 is 1.75 bits per heavy atom. The van der Waals surface area contributed by atoms with Crippen molar-refractivity contribution in [1.29, 1.82) is 0 Å². The molecular weight excluding hydrogens is 220 g/mol. The third-order valence-electron chi connectivity index (χ3n) is 2.31. The molecule has 1 aromatic heterocycles. The summed E-state index contributed by atoms with van der Waals surface area (Å²) in [6, 6.07) is 0. The molecule has 5 heteroatoms. The van der Waals surface area contributed by atoms with Crippen molar-refractivity contribution in [2.45, 2.75) is 27.7 Å². The highest BCUT2D eigenvalue weighted by Gasteiger charge is 2.15. The predicted octanol–water partition coefficient (Wildman–Crippen LogP) is 2.60. The van der Waals surface area contributed by atoms with Gasteiger partial charge in [-0.1, -0.05) is 27.7 Å². The minimum absolute atomic E-state index is 0.615. The smallest absolute Gasteiger partial charge is 0.225 e. The monoisotopic (exact) mass is 242 g/mol. The molecule has 0 aliphatic carbocycles. The summed E-state index contributed by atoms with van der Waals surface area (Å²) in [6.07, 6.45) is 0. The molecule has 4 nitrogen and oxygen atoms in total. The van der Waals surface area contributed by atoms with Crippen molar-refractivity contribution in [3.05, 3.63) is 4.77 Å². The van der Waals surface area contributed by atoms with E-state index in [1.165, 1.54) is 0 Å². The summed E-state index contributed by atoms with van der Waals surface area (Å²) >= 11 is 5.14. The van der Waals surface area contributed by atoms with E-state index in [-0.39, 0.29) is 0 Å². The molecule has 92 valence electrons. The molecule has 0 fully saturated rings. The van der Waals surface area contributed by atoms with Gasteiger partial charge < -0.3 is 4.90 Å². The van der Waals surface area contributed by atoms with E-state index >= 15 is 0 Å². The first-order valence-corrected chi connectivity index (χ1v) is 6.19. The highest BCUT2D eigenvalue weighted by Crippen LogP contribution is 2.14. The molecule has 1 N–H and O–H groups in total. The van der Waals surface area contributed by atoms with E-state index in [4.69, 9.17) is 12.2 Å². The molecule has 0 amide bonds. The first-order chi connectivity index (χ1) is 7.41. The topological polar surface area (TPSA) is 36.9 Å². The van der Waals surface area contributed by atoms with Crippen LogP contribution in [0.4, 0.5) is 5.95 Å². The van der Waals surface area contributed by atoms with Crippen LogP contribution in [0.5, 0.6) is 0 Å². The first kappa shape index (κ1) is 13.2. The fourth-order valence-electron chi connectivity index (χ4n) is 1.74. The van der Waals surface area contributed by atoms with Crippen LogP contribution in [0.2, 0.25) is 0 Å². The van der Waals surface area contributed by atoms with E-state index in [0.717, 1.165) is 19.0 Å². The van der Waals surface area contributed by atoms with E-state index in [0.29, 0.717) is 16.6 Å². The van der Waals surface area contributed by atoms with Gasteiger partial charge in [0.15, 0.2) is 4.77 Å². The predicted molar refractivity (Wildman–Crippen MR) is 70.3 cm³/mol. The van der Waals surface area contributed by atoms with Gasteiger partial charge in [-0.2, -0.15) is 0 Å². The Morgan fingerprint density at radius 1 is 1.25 bits per heavy atom. The van der Waals surface area contributed by atoms with Gasteiger partial charge in [0.25, 0.3) is 0 Å². The molecule has 0 atom stereocenters. The molecule has 0 unspecified atom stereocenters. The van der Waals surface area contributed by atoms with Crippen molar-refractivity contribution in [1.82, 2.24) is 14.8 Å². The summed E-state index contributed by atoms with van der Waals surface area (Å²) in [5, 5.41) is 7.13. The summed E-state index contributed by atoms with van der Waals surface area (Å²) in [5.74, 6) is 2.17. The maximum atomic E-state index is 5.14. The Balaban J connectivity index is 2.91. The standard InChI is InChI=1S/C11H22N4S/c1-8(2)6-15(7-9(3)4)10-12-13-11(16)14(10)5/h8-9H,6-7H2,1-5H3,(H,13,16). The Hall–Kier alpha value is -0.840. The van der Waals surface area contributed by atoms with Gasteiger partial charge in [0.1, 0.15) is 0 Å². The number of nitrogens with one attached hydrogen (secondary N) is 1. The molecule has 1 aromatic rings. The van der Waals surface area contributed by atoms with Gasteiger partial charge in [-0.25, -0.2) is 5.10 Å². The first-order valence-electron chi connectivity index (χ1n) is 5.78. The third-order valence-corrected chi connectivity index (χ3v) is 2.68. The van der Waals surface area contributed by atoms with Gasteiger partial charge in [0, 0.05) is 20.1 Å². The second kappa shape index (κ2) is 5.48. The molecule has 0 aromatic carbocycles. The lowest BCUT2D eigenvalue weighted by Gasteiger charge is -2.26. The molecule has 1 heterocycles. The van der Waals surface area contributed by atoms with Crippen LogP contribution in [0.15, 0.2) is 0 Å². The van der Waals surface area contributed by atoms with Crippen LogP contribution in [0.25, 0.3) is 0 Å². The Labute approximate surface area is 103 Å². The number of hydrogen-bond donors (Lipinski definition) is 1. The van der Waals surface area contributed by atoms with Gasteiger partial charge >= 0.3 is 0 Å². The van der Waals surface area contributed by atoms with Gasteiger partial charge in [-0.3, -0.25) is 4.57 Å². The van der Waals surface area contributed by atoms with Crippen molar-refractivity contribution in [2.24, 2.45) is 18.9 Å². The fourth-order valence-corrected chi connectivity index (χ4v) is 1.87. The van der Waals surface area contributed by atoms with Gasteiger partial charge in [-0.15, -0.1) is 5.10 Å². The molecule has 0 saturated heterocycles. The molecule has 0 aliphatic rings. The van der Waals surface area contributed by atoms with E-state index in [1.54, 1.807) is 0 Å². The number of H-pyrrole nitrogens is 1. The number of aromatic nitrogens is 3. The van der Waals surface area contributed by atoms with Crippen molar-refractivity contribution < 1.29 is 0 Å². The largest absolute Gasteiger partial charge is 0.340 e. The molecule has 0 saturated carbocycles. The van der Waals surface area contributed by atoms with Crippen LogP contribution in [0.3, 0.4) is 0 Å². The zero-order chi connectivity index (χ0) is 12.3. The zero-order valence-corrected chi connectivity index (χ0v) is 11.6. The Bertz CT molecular complexity index is 368. The van der Waals surface area contributed by atoms with Crippen molar-refractivity contribution in [3.8, 4) is 0 Å². The highest BCUT2D eigenvalue weighted by atomic mass is 32.1. The normalized spacial score (nSPS) is 11.4. The van der Waals surface area contributed by atoms with Crippen LogP contribution in [0, 0.1) is 16.6 Å². The van der Waals surface area contributed by atoms with E-state index in [2.05, 4.69) is 42.8 Å². The molecule has 0 bridgehead atoms. The second-order valence-electron chi connectivity index (χ2n) is 5.08. The summed E-state index contributed by atoms with van der Waals surface area (Å²) in [4.78, 5) is 2.29. The average Bonchev–Trinajstić information content (AvgIpc) is 2.45. The van der Waals surface area contributed by atoms with Gasteiger partial charge in [0.05, 0.1) is 0 Å². The minimum atomic E-state index is 0.615. The summed E-state index contributed by atoms with van der Waals surface area (Å²) in [7, 11) is 1.95. The Morgan fingerprint density at radius 3 is 2.06 bits per heavy atom. The SMILES string of the molecule is CC(C)CN(CC(C)C)c1n[nH]c(=S)n1C. The second-order valence-corrected chi connectivity index (χ2v) is 5.47. The summed E-state index contributed by atoms with van der Waals surface area (Å²) in [5.41, 5.74) is 0. The molecule has 16 heavy (non-hydrogen) atoms. The van der Waals surface area contributed by atoms with Gasteiger partial charge in [0.2, 0.25) is 5.95 Å². The third kappa shape index (κ3) is 3.33. The zero-order valence-electron chi connectivity index (χ0n) is 10.8. The van der Waals surface area contributed by atoms with E-state index < -0.39 is 0 Å². The maximum Gasteiger partial charge on any atom is 0.225 e. The number of rotatable bonds is 5. The van der Waals surface area contributed by atoms with E-state index in [1.807, 2.05) is 11.6 Å². The van der Waals surface area contributed by atoms with Crippen LogP contribution >= 0.6 is 12.2 Å². The van der Waals surface area contributed by atoms with Crippen LogP contribution in [-0.4, -0.2) is 27.9 Å². The summed E-state index contributed by atoms with van der Waals surface area (Å²) < 4.78 is 2.60. The van der Waals surface area contributed by atoms with Gasteiger partial charge in [-0.05, 0) is 24.1 Å². The van der Waals surface area contributed by atoms with Crippen LogP contribution in [0.1, 0.15) is 27.7 Å². The quantitative estimate of drug-likeness (QED) is 0.806. The highest BCUT2D eigenvalue weighted by molar-refractivity contribution is 7.71. The fraction of sp³-hybridized carbons (Fsp3) is 0.818. The molecule has 1 rings (SSSR count). The number of aromatic amines is 1. The van der Waals surface area contributed by atoms with Crippen LogP contribution < -0.4 is 4.90 Å². The lowest BCUT2D eigenvalue weighted by Crippen LogP contribution is -2.33. The summed E-state index contributed by atoms with van der Waals surface area (Å²) in [6.45, 7) is 10.9. The average molecular weight is 242 g/mol. The molecule has 0 spiro atoms. The van der Waals surface area contributed by atoms with Crippen LogP contribution in [-0.2, 0) is 7.05 Å². The van der Waals surface area contributed by atoms with Crippen molar-refractivity contribution in [2.75, 3.05) is 18.0 Å². The Kier molecular flexibility index (Phi) is 4.53. The minimum Gasteiger partial charge on any atom is -0.340 e. The molecule has 0 aliphatic heterocycles. The van der Waals surface area contributed by atoms with E-state index in [9.17, 15) is 0 Å². The molecular formula is C11H22N4S. The lowest BCUT2D eigenvalue weighted by atomic mass is 10.1. The maximum absolute atomic E-state index is 5.14. The number of hydrogen-bond acceptors (Lipinski definition) is 3. The van der Waals surface area contributed by atoms with Crippen molar-refractivity contribution >= 4 is 18.2 Å². The van der Waals surface area contributed by atoms with Crippen molar-refractivity contribution in [3.63, 3.8) is 0 Å². The molecule has 0 radical (unpaired) electrons.